The van der Waals surface area contributed by atoms with E-state index in [1.165, 1.54) is 0 Å². The Kier molecular flexibility index (Phi) is 5.53. The van der Waals surface area contributed by atoms with Gasteiger partial charge in [0, 0.05) is 44.2 Å². The van der Waals surface area contributed by atoms with Crippen LogP contribution in [0.4, 0.5) is 0 Å². The summed E-state index contributed by atoms with van der Waals surface area (Å²) in [6, 6.07) is 8.05. The SMILES string of the molecule is Cc1ccccc1-c1noc(CC2CCCN(C(=O)C3CCOCC3)C2)n1. The van der Waals surface area contributed by atoms with Crippen molar-refractivity contribution in [3.05, 3.63) is 35.7 Å². The van der Waals surface area contributed by atoms with E-state index >= 15 is 0 Å². The molecule has 0 spiro atoms. The first-order valence-corrected chi connectivity index (χ1v) is 9.96. The van der Waals surface area contributed by atoms with Crippen LogP contribution in [-0.4, -0.2) is 47.3 Å². The normalized spacial score (nSPS) is 21.4. The van der Waals surface area contributed by atoms with Crippen molar-refractivity contribution in [3.8, 4) is 11.4 Å². The van der Waals surface area contributed by atoms with Crippen LogP contribution < -0.4 is 0 Å². The first-order chi connectivity index (χ1) is 13.2. The molecule has 2 aromatic rings. The molecule has 1 unspecified atom stereocenters. The van der Waals surface area contributed by atoms with Gasteiger partial charge in [0.25, 0.3) is 0 Å². The first-order valence-electron chi connectivity index (χ1n) is 9.96. The summed E-state index contributed by atoms with van der Waals surface area (Å²) in [7, 11) is 0. The Bertz CT molecular complexity index is 782. The molecule has 6 heteroatoms. The van der Waals surface area contributed by atoms with Crippen molar-refractivity contribution < 1.29 is 14.1 Å². The number of benzene rings is 1. The minimum atomic E-state index is 0.133. The van der Waals surface area contributed by atoms with E-state index in [1.807, 2.05) is 36.1 Å². The van der Waals surface area contributed by atoms with E-state index in [2.05, 4.69) is 10.1 Å². The molecule has 0 N–H and O–H groups in total. The van der Waals surface area contributed by atoms with Gasteiger partial charge in [-0.15, -0.1) is 0 Å². The van der Waals surface area contributed by atoms with Gasteiger partial charge in [0.05, 0.1) is 0 Å². The van der Waals surface area contributed by atoms with Gasteiger partial charge in [-0.25, -0.2) is 0 Å². The number of piperidine rings is 1. The fourth-order valence-electron chi connectivity index (χ4n) is 4.15. The van der Waals surface area contributed by atoms with Gasteiger partial charge in [-0.05, 0) is 44.1 Å². The summed E-state index contributed by atoms with van der Waals surface area (Å²) in [5.74, 6) is 2.13. The highest BCUT2D eigenvalue weighted by Crippen LogP contribution is 2.26. The molecule has 6 nitrogen and oxygen atoms in total. The monoisotopic (exact) mass is 369 g/mol. The van der Waals surface area contributed by atoms with Crippen molar-refractivity contribution in [2.45, 2.75) is 39.0 Å². The molecule has 0 saturated carbocycles. The summed E-state index contributed by atoms with van der Waals surface area (Å²) < 4.78 is 10.9. The minimum absolute atomic E-state index is 0.133. The number of carbonyl (C=O) groups excluding carboxylic acids is 1. The van der Waals surface area contributed by atoms with Crippen LogP contribution in [0.3, 0.4) is 0 Å². The third kappa shape index (κ3) is 4.21. The van der Waals surface area contributed by atoms with Crippen LogP contribution in [0, 0.1) is 18.8 Å². The topological polar surface area (TPSA) is 68.5 Å². The number of hydrogen-bond donors (Lipinski definition) is 0. The Morgan fingerprint density at radius 1 is 1.22 bits per heavy atom. The second kappa shape index (κ2) is 8.21. The summed E-state index contributed by atoms with van der Waals surface area (Å²) >= 11 is 0. The number of likely N-dealkylation sites (tertiary alicyclic amines) is 1. The van der Waals surface area contributed by atoms with Gasteiger partial charge in [0.15, 0.2) is 0 Å². The molecule has 3 heterocycles. The van der Waals surface area contributed by atoms with E-state index in [1.54, 1.807) is 0 Å². The standard InChI is InChI=1S/C21H27N3O3/c1-15-5-2-3-7-18(15)20-22-19(27-23-20)13-16-6-4-10-24(14-16)21(25)17-8-11-26-12-9-17/h2-3,5,7,16-17H,4,6,8-14H2,1H3. The van der Waals surface area contributed by atoms with Crippen LogP contribution in [0.5, 0.6) is 0 Å². The number of carbonyl (C=O) groups is 1. The van der Waals surface area contributed by atoms with E-state index in [-0.39, 0.29) is 5.92 Å². The summed E-state index contributed by atoms with van der Waals surface area (Å²) in [5.41, 5.74) is 2.14. The molecule has 144 valence electrons. The molecule has 2 saturated heterocycles. The molecule has 2 aliphatic rings. The van der Waals surface area contributed by atoms with Gasteiger partial charge in [-0.1, -0.05) is 29.4 Å². The van der Waals surface area contributed by atoms with E-state index in [0.29, 0.717) is 36.8 Å². The zero-order valence-electron chi connectivity index (χ0n) is 15.9. The number of aromatic nitrogens is 2. The molecule has 0 radical (unpaired) electrons. The highest BCUT2D eigenvalue weighted by atomic mass is 16.5. The second-order valence-corrected chi connectivity index (χ2v) is 7.71. The quantitative estimate of drug-likeness (QED) is 0.827. The highest BCUT2D eigenvalue weighted by molar-refractivity contribution is 5.79. The van der Waals surface area contributed by atoms with Crippen molar-refractivity contribution >= 4 is 5.91 Å². The maximum Gasteiger partial charge on any atom is 0.227 e. The van der Waals surface area contributed by atoms with Crippen molar-refractivity contribution in [3.63, 3.8) is 0 Å². The van der Waals surface area contributed by atoms with E-state index in [4.69, 9.17) is 9.26 Å². The zero-order valence-corrected chi connectivity index (χ0v) is 15.9. The first kappa shape index (κ1) is 18.2. The van der Waals surface area contributed by atoms with Gasteiger partial charge >= 0.3 is 0 Å². The third-order valence-corrected chi connectivity index (χ3v) is 5.72. The molecule has 1 aromatic carbocycles. The van der Waals surface area contributed by atoms with Gasteiger partial charge in [0.2, 0.25) is 17.6 Å². The zero-order chi connectivity index (χ0) is 18.6. The molecule has 0 aliphatic carbocycles. The summed E-state index contributed by atoms with van der Waals surface area (Å²) in [6.45, 7) is 5.12. The van der Waals surface area contributed by atoms with Gasteiger partial charge in [0.1, 0.15) is 0 Å². The lowest BCUT2D eigenvalue weighted by Crippen LogP contribution is -2.44. The predicted molar refractivity (Wildman–Crippen MR) is 101 cm³/mol. The average Bonchev–Trinajstić information content (AvgIpc) is 3.17. The maximum absolute atomic E-state index is 12.8. The second-order valence-electron chi connectivity index (χ2n) is 7.71. The fourth-order valence-corrected chi connectivity index (χ4v) is 4.15. The molecule has 4 rings (SSSR count). The lowest BCUT2D eigenvalue weighted by Gasteiger charge is -2.35. The number of rotatable bonds is 4. The minimum Gasteiger partial charge on any atom is -0.381 e. The predicted octanol–water partition coefficient (Wildman–Crippen LogP) is 3.25. The third-order valence-electron chi connectivity index (χ3n) is 5.72. The summed E-state index contributed by atoms with van der Waals surface area (Å²) in [5, 5.41) is 4.16. The van der Waals surface area contributed by atoms with Crippen molar-refractivity contribution in [1.82, 2.24) is 15.0 Å². The van der Waals surface area contributed by atoms with Crippen LogP contribution in [0.15, 0.2) is 28.8 Å². The molecule has 1 aromatic heterocycles. The van der Waals surface area contributed by atoms with Crippen LogP contribution in [0.2, 0.25) is 0 Å². The van der Waals surface area contributed by atoms with Gasteiger partial charge in [-0.2, -0.15) is 4.98 Å². The Labute approximate surface area is 159 Å². The van der Waals surface area contributed by atoms with Crippen LogP contribution in [0.1, 0.15) is 37.1 Å². The summed E-state index contributed by atoms with van der Waals surface area (Å²) in [6.07, 6.45) is 4.57. The summed E-state index contributed by atoms with van der Waals surface area (Å²) in [4.78, 5) is 19.4. The molecule has 1 atom stereocenters. The fraction of sp³-hybridized carbons (Fsp3) is 0.571. The Morgan fingerprint density at radius 3 is 2.85 bits per heavy atom. The molecule has 0 bridgehead atoms. The van der Waals surface area contributed by atoms with Crippen molar-refractivity contribution in [2.75, 3.05) is 26.3 Å². The number of amides is 1. The number of hydrogen-bond acceptors (Lipinski definition) is 5. The van der Waals surface area contributed by atoms with Crippen LogP contribution in [-0.2, 0) is 16.0 Å². The smallest absolute Gasteiger partial charge is 0.227 e. The van der Waals surface area contributed by atoms with Gasteiger partial charge in [-0.3, -0.25) is 4.79 Å². The Hall–Kier alpha value is -2.21. The molecular weight excluding hydrogens is 342 g/mol. The van der Waals surface area contributed by atoms with E-state index < -0.39 is 0 Å². The lowest BCUT2D eigenvalue weighted by molar-refractivity contribution is -0.140. The largest absolute Gasteiger partial charge is 0.381 e. The van der Waals surface area contributed by atoms with Crippen molar-refractivity contribution in [1.29, 1.82) is 0 Å². The Balaban J connectivity index is 1.38. The highest BCUT2D eigenvalue weighted by Gasteiger charge is 2.30. The molecule has 2 fully saturated rings. The average molecular weight is 369 g/mol. The molecular formula is C21H27N3O3. The Morgan fingerprint density at radius 2 is 2.04 bits per heavy atom. The van der Waals surface area contributed by atoms with Crippen LogP contribution >= 0.6 is 0 Å². The van der Waals surface area contributed by atoms with E-state index in [0.717, 1.165) is 56.3 Å². The van der Waals surface area contributed by atoms with E-state index in [9.17, 15) is 4.79 Å². The molecule has 27 heavy (non-hydrogen) atoms. The van der Waals surface area contributed by atoms with Crippen LogP contribution in [0.25, 0.3) is 11.4 Å². The maximum atomic E-state index is 12.8. The lowest BCUT2D eigenvalue weighted by atomic mass is 9.92. The molecule has 1 amide bonds. The van der Waals surface area contributed by atoms with Crippen molar-refractivity contribution in [2.24, 2.45) is 11.8 Å². The number of nitrogens with zero attached hydrogens (tertiary/aromatic N) is 3. The number of aryl methyl sites for hydroxylation is 1. The number of ether oxygens (including phenoxy) is 1. The molecule has 2 aliphatic heterocycles. The van der Waals surface area contributed by atoms with Gasteiger partial charge < -0.3 is 14.2 Å².